The maximum atomic E-state index is 9.71. The lowest BCUT2D eigenvalue weighted by molar-refractivity contribution is 0.0291. The Labute approximate surface area is 113 Å². The second-order valence-electron chi connectivity index (χ2n) is 4.47. The van der Waals surface area contributed by atoms with Gasteiger partial charge in [0.2, 0.25) is 0 Å². The monoisotopic (exact) mass is 273 g/mol. The van der Waals surface area contributed by atoms with E-state index in [1.807, 2.05) is 17.5 Å². The maximum Gasteiger partial charge on any atom is 0.0897 e. The van der Waals surface area contributed by atoms with Gasteiger partial charge in [0.1, 0.15) is 0 Å². The zero-order valence-corrected chi connectivity index (χ0v) is 11.9. The van der Waals surface area contributed by atoms with Crippen LogP contribution in [-0.4, -0.2) is 44.6 Å². The zero-order chi connectivity index (χ0) is 13.2. The van der Waals surface area contributed by atoms with Crippen molar-refractivity contribution in [2.75, 3.05) is 33.4 Å². The molecule has 18 heavy (non-hydrogen) atoms. The quantitative estimate of drug-likeness (QED) is 0.678. The summed E-state index contributed by atoms with van der Waals surface area (Å²) in [4.78, 5) is 1.18. The van der Waals surface area contributed by atoms with E-state index in [0.717, 1.165) is 13.2 Å². The molecule has 4 nitrogen and oxygen atoms in total. The third kappa shape index (κ3) is 7.08. The number of rotatable bonds is 10. The van der Waals surface area contributed by atoms with E-state index in [2.05, 4.69) is 12.2 Å². The highest BCUT2D eigenvalue weighted by Crippen LogP contribution is 2.09. The Morgan fingerprint density at radius 3 is 2.89 bits per heavy atom. The molecule has 0 bridgehead atoms. The molecule has 104 valence electrons. The summed E-state index contributed by atoms with van der Waals surface area (Å²) in [6, 6.07) is 4.03. The number of ether oxygens (including phenoxy) is 2. The maximum absolute atomic E-state index is 9.71. The van der Waals surface area contributed by atoms with Crippen molar-refractivity contribution in [2.45, 2.75) is 19.6 Å². The van der Waals surface area contributed by atoms with E-state index in [-0.39, 0.29) is 0 Å². The first-order valence-electron chi connectivity index (χ1n) is 6.20. The van der Waals surface area contributed by atoms with Crippen molar-refractivity contribution in [1.29, 1.82) is 0 Å². The molecule has 0 spiro atoms. The van der Waals surface area contributed by atoms with Crippen LogP contribution in [0.2, 0.25) is 0 Å². The van der Waals surface area contributed by atoms with Gasteiger partial charge in [-0.15, -0.1) is 11.3 Å². The first-order valence-corrected chi connectivity index (χ1v) is 7.08. The van der Waals surface area contributed by atoms with Crippen molar-refractivity contribution in [3.8, 4) is 0 Å². The Kier molecular flexibility index (Phi) is 8.20. The van der Waals surface area contributed by atoms with Crippen molar-refractivity contribution < 1.29 is 14.6 Å². The molecule has 0 fully saturated rings. The fourth-order valence-electron chi connectivity index (χ4n) is 1.59. The molecular formula is C13H23NO3S. The van der Waals surface area contributed by atoms with Gasteiger partial charge in [-0.1, -0.05) is 13.0 Å². The molecule has 2 unspecified atom stereocenters. The van der Waals surface area contributed by atoms with Crippen molar-refractivity contribution in [2.24, 2.45) is 5.92 Å². The van der Waals surface area contributed by atoms with Crippen LogP contribution in [0.5, 0.6) is 0 Å². The standard InChI is InChI=1S/C13H23NO3S/c1-11(8-16-2)6-14-7-12(15)9-17-10-13-4-3-5-18-13/h3-5,11-12,14-15H,6-10H2,1-2H3. The minimum Gasteiger partial charge on any atom is -0.389 e. The molecule has 0 radical (unpaired) electrons. The third-order valence-electron chi connectivity index (χ3n) is 2.46. The van der Waals surface area contributed by atoms with Gasteiger partial charge in [-0.3, -0.25) is 0 Å². The van der Waals surface area contributed by atoms with E-state index >= 15 is 0 Å². The number of aliphatic hydroxyl groups excluding tert-OH is 1. The SMILES string of the molecule is COCC(C)CNCC(O)COCc1cccs1. The fourth-order valence-corrected chi connectivity index (χ4v) is 2.23. The summed E-state index contributed by atoms with van der Waals surface area (Å²) in [7, 11) is 1.70. The van der Waals surface area contributed by atoms with Gasteiger partial charge in [-0.2, -0.15) is 0 Å². The lowest BCUT2D eigenvalue weighted by atomic mass is 10.2. The topological polar surface area (TPSA) is 50.7 Å². The molecule has 5 heteroatoms. The summed E-state index contributed by atoms with van der Waals surface area (Å²) in [6.07, 6.45) is -0.459. The lowest BCUT2D eigenvalue weighted by Crippen LogP contribution is -2.33. The Morgan fingerprint density at radius 2 is 2.22 bits per heavy atom. The number of thiophene rings is 1. The normalized spacial score (nSPS) is 14.6. The van der Waals surface area contributed by atoms with Gasteiger partial charge >= 0.3 is 0 Å². The highest BCUT2D eigenvalue weighted by Gasteiger charge is 2.06. The zero-order valence-electron chi connectivity index (χ0n) is 11.1. The number of methoxy groups -OCH3 is 1. The van der Waals surface area contributed by atoms with Gasteiger partial charge in [-0.05, 0) is 23.9 Å². The molecule has 0 aliphatic carbocycles. The smallest absolute Gasteiger partial charge is 0.0897 e. The van der Waals surface area contributed by atoms with Crippen molar-refractivity contribution in [3.63, 3.8) is 0 Å². The van der Waals surface area contributed by atoms with E-state index in [4.69, 9.17) is 9.47 Å². The Morgan fingerprint density at radius 1 is 1.39 bits per heavy atom. The van der Waals surface area contributed by atoms with Gasteiger partial charge < -0.3 is 19.9 Å². The minimum absolute atomic E-state index is 0.365. The molecule has 0 saturated carbocycles. The largest absolute Gasteiger partial charge is 0.389 e. The van der Waals surface area contributed by atoms with Crippen LogP contribution in [0.15, 0.2) is 17.5 Å². The van der Waals surface area contributed by atoms with Gasteiger partial charge in [0.25, 0.3) is 0 Å². The number of hydrogen-bond donors (Lipinski definition) is 2. The average Bonchev–Trinajstić information content (AvgIpc) is 2.82. The van der Waals surface area contributed by atoms with Gasteiger partial charge in [0.05, 0.1) is 19.3 Å². The minimum atomic E-state index is -0.459. The van der Waals surface area contributed by atoms with Crippen molar-refractivity contribution >= 4 is 11.3 Å². The van der Waals surface area contributed by atoms with Crippen LogP contribution in [-0.2, 0) is 16.1 Å². The second kappa shape index (κ2) is 9.47. The van der Waals surface area contributed by atoms with Crippen LogP contribution < -0.4 is 5.32 Å². The Bertz CT molecular complexity index is 292. The van der Waals surface area contributed by atoms with Crippen molar-refractivity contribution in [1.82, 2.24) is 5.32 Å². The van der Waals surface area contributed by atoms with Gasteiger partial charge in [-0.25, -0.2) is 0 Å². The predicted octanol–water partition coefficient (Wildman–Crippen LogP) is 1.50. The van der Waals surface area contributed by atoms with Crippen LogP contribution in [0.3, 0.4) is 0 Å². The molecule has 0 saturated heterocycles. The van der Waals surface area contributed by atoms with Gasteiger partial charge in [0, 0.05) is 25.1 Å². The lowest BCUT2D eigenvalue weighted by Gasteiger charge is -2.15. The Balaban J connectivity index is 1.98. The molecule has 1 heterocycles. The van der Waals surface area contributed by atoms with Crippen LogP contribution in [0, 0.1) is 5.92 Å². The van der Waals surface area contributed by atoms with E-state index in [1.165, 1.54) is 4.88 Å². The molecule has 0 aliphatic heterocycles. The number of hydrogen-bond acceptors (Lipinski definition) is 5. The van der Waals surface area contributed by atoms with Crippen LogP contribution in [0.4, 0.5) is 0 Å². The molecule has 0 amide bonds. The summed E-state index contributed by atoms with van der Waals surface area (Å²) in [5.41, 5.74) is 0. The second-order valence-corrected chi connectivity index (χ2v) is 5.50. The molecule has 2 N–H and O–H groups in total. The Hall–Kier alpha value is -0.460. The number of nitrogens with one attached hydrogen (secondary N) is 1. The molecule has 1 rings (SSSR count). The van der Waals surface area contributed by atoms with Crippen LogP contribution in [0.1, 0.15) is 11.8 Å². The van der Waals surface area contributed by atoms with E-state index < -0.39 is 6.10 Å². The predicted molar refractivity (Wildman–Crippen MR) is 73.9 cm³/mol. The highest BCUT2D eigenvalue weighted by atomic mass is 32.1. The van der Waals surface area contributed by atoms with E-state index in [9.17, 15) is 5.11 Å². The first kappa shape index (κ1) is 15.6. The van der Waals surface area contributed by atoms with Crippen molar-refractivity contribution in [3.05, 3.63) is 22.4 Å². The van der Waals surface area contributed by atoms with Crippen LogP contribution >= 0.6 is 11.3 Å². The summed E-state index contributed by atoms with van der Waals surface area (Å²) in [6.45, 7) is 5.18. The fraction of sp³-hybridized carbons (Fsp3) is 0.692. The number of aliphatic hydroxyl groups is 1. The molecule has 1 aromatic rings. The van der Waals surface area contributed by atoms with E-state index in [0.29, 0.717) is 25.7 Å². The molecule has 1 aromatic heterocycles. The highest BCUT2D eigenvalue weighted by molar-refractivity contribution is 7.09. The third-order valence-corrected chi connectivity index (χ3v) is 3.31. The van der Waals surface area contributed by atoms with Gasteiger partial charge in [0.15, 0.2) is 0 Å². The molecular weight excluding hydrogens is 250 g/mol. The molecule has 2 atom stereocenters. The average molecular weight is 273 g/mol. The van der Waals surface area contributed by atoms with Crippen LogP contribution in [0.25, 0.3) is 0 Å². The molecule has 0 aliphatic rings. The summed E-state index contributed by atoms with van der Waals surface area (Å²) in [5.74, 6) is 0.453. The summed E-state index contributed by atoms with van der Waals surface area (Å²) < 4.78 is 10.5. The molecule has 0 aromatic carbocycles. The summed E-state index contributed by atoms with van der Waals surface area (Å²) >= 11 is 1.67. The first-order chi connectivity index (χ1) is 8.72. The van der Waals surface area contributed by atoms with E-state index in [1.54, 1.807) is 18.4 Å². The summed E-state index contributed by atoms with van der Waals surface area (Å²) in [5, 5.41) is 14.9.